The van der Waals surface area contributed by atoms with Crippen LogP contribution in [0.2, 0.25) is 0 Å². The van der Waals surface area contributed by atoms with Gasteiger partial charge in [-0.05, 0) is 49.6 Å². The third-order valence-corrected chi connectivity index (χ3v) is 5.20. The fraction of sp³-hybridized carbons (Fsp3) is 0.318. The summed E-state index contributed by atoms with van der Waals surface area (Å²) in [6.07, 6.45) is 4.30. The molecule has 0 aliphatic carbocycles. The molecule has 0 atom stereocenters. The lowest BCUT2D eigenvalue weighted by molar-refractivity contribution is 0.1000. The Bertz CT molecular complexity index is 979. The van der Waals surface area contributed by atoms with Crippen molar-refractivity contribution in [2.24, 2.45) is 5.73 Å². The molecule has 0 saturated heterocycles. The van der Waals surface area contributed by atoms with Gasteiger partial charge in [-0.15, -0.1) is 11.3 Å². The third kappa shape index (κ3) is 4.57. The maximum absolute atomic E-state index is 11.6. The molecule has 2 aromatic heterocycles. The number of thiazole rings is 1. The monoisotopic (exact) mass is 395 g/mol. The number of hydrogen-bond acceptors (Lipinski definition) is 5. The Labute approximate surface area is 169 Å². The molecule has 0 aliphatic rings. The molecule has 0 bridgehead atoms. The van der Waals surface area contributed by atoms with Crippen LogP contribution >= 0.6 is 11.3 Å². The molecule has 2 heterocycles. The van der Waals surface area contributed by atoms with Crippen LogP contribution in [0.25, 0.3) is 11.3 Å². The number of nitrogens with two attached hydrogens (primary N) is 1. The number of primary amides is 1. The smallest absolute Gasteiger partial charge is 0.248 e. The number of carbonyl (C=O) groups excluding carboxylic acids is 1. The molecule has 0 saturated carbocycles. The molecule has 28 heavy (non-hydrogen) atoms. The van der Waals surface area contributed by atoms with Crippen molar-refractivity contribution in [1.29, 1.82) is 0 Å². The van der Waals surface area contributed by atoms with Gasteiger partial charge in [-0.1, -0.05) is 13.8 Å². The van der Waals surface area contributed by atoms with Crippen molar-refractivity contribution >= 4 is 17.2 Å². The molecule has 0 radical (unpaired) electrons. The first-order chi connectivity index (χ1) is 13.3. The molecular formula is C22H25N3O2S. The van der Waals surface area contributed by atoms with Crippen LogP contribution in [0.1, 0.15) is 60.1 Å². The predicted molar refractivity (Wildman–Crippen MR) is 113 cm³/mol. The normalized spacial score (nSPS) is 11.2. The van der Waals surface area contributed by atoms with Crippen LogP contribution in [-0.4, -0.2) is 22.0 Å². The summed E-state index contributed by atoms with van der Waals surface area (Å²) in [5.74, 6) is 0.691. The highest BCUT2D eigenvalue weighted by molar-refractivity contribution is 7.10. The van der Waals surface area contributed by atoms with Crippen molar-refractivity contribution < 1.29 is 9.53 Å². The van der Waals surface area contributed by atoms with Crippen LogP contribution < -0.4 is 10.5 Å². The fourth-order valence-corrected chi connectivity index (χ4v) is 3.86. The van der Waals surface area contributed by atoms with Gasteiger partial charge in [0.25, 0.3) is 0 Å². The van der Waals surface area contributed by atoms with E-state index in [9.17, 15) is 4.79 Å². The van der Waals surface area contributed by atoms with Gasteiger partial charge < -0.3 is 10.5 Å². The average molecular weight is 396 g/mol. The molecule has 6 heteroatoms. The maximum Gasteiger partial charge on any atom is 0.248 e. The van der Waals surface area contributed by atoms with E-state index in [0.29, 0.717) is 17.9 Å². The Balaban J connectivity index is 1.93. The first kappa shape index (κ1) is 20.0. The first-order valence-electron chi connectivity index (χ1n) is 9.33. The number of hydrogen-bond donors (Lipinski definition) is 1. The summed E-state index contributed by atoms with van der Waals surface area (Å²) in [5, 5.41) is 3.00. The Morgan fingerprint density at radius 2 is 2.00 bits per heavy atom. The second-order valence-corrected chi connectivity index (χ2v) is 8.22. The molecule has 0 aliphatic heterocycles. The Hall–Kier alpha value is -2.73. The third-order valence-electron chi connectivity index (χ3n) is 4.35. The number of pyridine rings is 1. The van der Waals surface area contributed by atoms with E-state index in [1.54, 1.807) is 23.5 Å². The van der Waals surface area contributed by atoms with E-state index in [4.69, 9.17) is 15.5 Å². The number of benzene rings is 1. The molecule has 1 amide bonds. The Morgan fingerprint density at radius 3 is 2.68 bits per heavy atom. The average Bonchev–Trinajstić information content (AvgIpc) is 3.11. The van der Waals surface area contributed by atoms with Gasteiger partial charge >= 0.3 is 0 Å². The molecule has 0 spiro atoms. The number of aromatic nitrogens is 2. The fourth-order valence-electron chi connectivity index (χ4n) is 3.04. The van der Waals surface area contributed by atoms with Crippen LogP contribution in [0.5, 0.6) is 5.75 Å². The zero-order valence-corrected chi connectivity index (χ0v) is 17.4. The van der Waals surface area contributed by atoms with Crippen LogP contribution in [0.3, 0.4) is 0 Å². The van der Waals surface area contributed by atoms with Gasteiger partial charge in [0.1, 0.15) is 5.75 Å². The van der Waals surface area contributed by atoms with Gasteiger partial charge in [0.05, 0.1) is 16.8 Å². The van der Waals surface area contributed by atoms with E-state index >= 15 is 0 Å². The SMILES string of the molecule is CC(C)Oc1ccc(C(N)=O)cc1Cc1nc(-c2cnccc2C(C)C)cs1. The van der Waals surface area contributed by atoms with Gasteiger partial charge in [0, 0.05) is 40.9 Å². The van der Waals surface area contributed by atoms with Crippen LogP contribution in [-0.2, 0) is 6.42 Å². The summed E-state index contributed by atoms with van der Waals surface area (Å²) in [5.41, 5.74) is 10.0. The van der Waals surface area contributed by atoms with Crippen molar-refractivity contribution in [3.63, 3.8) is 0 Å². The molecule has 146 valence electrons. The van der Waals surface area contributed by atoms with E-state index in [2.05, 4.69) is 24.2 Å². The minimum absolute atomic E-state index is 0.0361. The van der Waals surface area contributed by atoms with Crippen LogP contribution in [0, 0.1) is 0 Å². The van der Waals surface area contributed by atoms with E-state index in [1.165, 1.54) is 5.56 Å². The van der Waals surface area contributed by atoms with Crippen LogP contribution in [0.15, 0.2) is 42.0 Å². The predicted octanol–water partition coefficient (Wildman–Crippen LogP) is 4.81. The second-order valence-electron chi connectivity index (χ2n) is 7.27. The maximum atomic E-state index is 11.6. The highest BCUT2D eigenvalue weighted by Gasteiger charge is 2.15. The zero-order chi connectivity index (χ0) is 20.3. The molecule has 2 N–H and O–H groups in total. The standard InChI is InChI=1S/C22H25N3O2S/c1-13(2)17-7-8-24-11-18(17)19-12-28-21(25-19)10-16-9-15(22(23)26)5-6-20(16)27-14(3)4/h5-9,11-14H,10H2,1-4H3,(H2,23,26). The highest BCUT2D eigenvalue weighted by atomic mass is 32.1. The Kier molecular flexibility index (Phi) is 6.09. The summed E-state index contributed by atoms with van der Waals surface area (Å²) >= 11 is 1.59. The number of nitrogens with zero attached hydrogens (tertiary/aromatic N) is 2. The molecule has 3 aromatic rings. The number of amides is 1. The second kappa shape index (κ2) is 8.52. The van der Waals surface area contributed by atoms with E-state index in [-0.39, 0.29) is 6.10 Å². The zero-order valence-electron chi connectivity index (χ0n) is 16.6. The molecule has 0 fully saturated rings. The number of ether oxygens (including phenoxy) is 1. The van der Waals surface area contributed by atoms with E-state index in [0.717, 1.165) is 27.6 Å². The molecular weight excluding hydrogens is 370 g/mol. The van der Waals surface area contributed by atoms with Gasteiger partial charge in [0.2, 0.25) is 5.91 Å². The summed E-state index contributed by atoms with van der Waals surface area (Å²) in [7, 11) is 0. The number of carbonyl (C=O) groups is 1. The first-order valence-corrected chi connectivity index (χ1v) is 10.2. The minimum Gasteiger partial charge on any atom is -0.491 e. The molecule has 5 nitrogen and oxygen atoms in total. The summed E-state index contributed by atoms with van der Waals surface area (Å²) < 4.78 is 5.91. The summed E-state index contributed by atoms with van der Waals surface area (Å²) in [6.45, 7) is 8.28. The van der Waals surface area contributed by atoms with Crippen molar-refractivity contribution in [2.45, 2.75) is 46.1 Å². The summed E-state index contributed by atoms with van der Waals surface area (Å²) in [4.78, 5) is 20.7. The van der Waals surface area contributed by atoms with Gasteiger partial charge in [-0.25, -0.2) is 4.98 Å². The summed E-state index contributed by atoms with van der Waals surface area (Å²) in [6, 6.07) is 7.35. The van der Waals surface area contributed by atoms with Crippen molar-refractivity contribution in [2.75, 3.05) is 0 Å². The topological polar surface area (TPSA) is 78.1 Å². The molecule has 3 rings (SSSR count). The highest BCUT2D eigenvalue weighted by Crippen LogP contribution is 2.31. The van der Waals surface area contributed by atoms with Gasteiger partial charge in [-0.2, -0.15) is 0 Å². The lowest BCUT2D eigenvalue weighted by Gasteiger charge is -2.14. The van der Waals surface area contributed by atoms with E-state index < -0.39 is 5.91 Å². The van der Waals surface area contributed by atoms with Crippen molar-refractivity contribution in [3.05, 3.63) is 63.7 Å². The quantitative estimate of drug-likeness (QED) is 0.623. The lowest BCUT2D eigenvalue weighted by Crippen LogP contribution is -2.13. The lowest BCUT2D eigenvalue weighted by atomic mass is 9.98. The van der Waals surface area contributed by atoms with Crippen molar-refractivity contribution in [3.8, 4) is 17.0 Å². The largest absolute Gasteiger partial charge is 0.491 e. The van der Waals surface area contributed by atoms with Crippen LogP contribution in [0.4, 0.5) is 0 Å². The van der Waals surface area contributed by atoms with E-state index in [1.807, 2.05) is 38.4 Å². The Morgan fingerprint density at radius 1 is 1.21 bits per heavy atom. The van der Waals surface area contributed by atoms with Gasteiger partial charge in [0.15, 0.2) is 0 Å². The van der Waals surface area contributed by atoms with Gasteiger partial charge in [-0.3, -0.25) is 9.78 Å². The number of rotatable bonds is 7. The molecule has 0 unspecified atom stereocenters. The minimum atomic E-state index is -0.450. The molecule has 1 aromatic carbocycles. The van der Waals surface area contributed by atoms with Crippen molar-refractivity contribution in [1.82, 2.24) is 9.97 Å².